The Morgan fingerprint density at radius 2 is 2.38 bits per heavy atom. The summed E-state index contributed by atoms with van der Waals surface area (Å²) in [5.41, 5.74) is 0.572. The normalized spacial score (nSPS) is 20.6. The second-order valence-electron chi connectivity index (χ2n) is 4.13. The molecule has 0 saturated carbocycles. The fourth-order valence-corrected chi connectivity index (χ4v) is 2.22. The van der Waals surface area contributed by atoms with E-state index in [1.807, 2.05) is 0 Å². The lowest BCUT2D eigenvalue weighted by Gasteiger charge is -2.22. The molecule has 1 aliphatic heterocycles. The summed E-state index contributed by atoms with van der Waals surface area (Å²) in [6, 6.07) is 1.02. The SMILES string of the molecule is OCCCC1CCCN1c1nc(CO)co1. The standard InChI is InChI=1S/C11H18N2O3/c14-6-2-4-10-3-1-5-13(10)11-12-9(7-15)8-16-11/h8,10,14-15H,1-7H2. The van der Waals surface area contributed by atoms with Crippen LogP contribution in [0.3, 0.4) is 0 Å². The van der Waals surface area contributed by atoms with E-state index in [1.165, 1.54) is 6.26 Å². The van der Waals surface area contributed by atoms with Gasteiger partial charge in [0.25, 0.3) is 6.01 Å². The predicted octanol–water partition coefficient (Wildman–Crippen LogP) is 0.908. The first-order valence-corrected chi connectivity index (χ1v) is 5.78. The van der Waals surface area contributed by atoms with Gasteiger partial charge in [0.2, 0.25) is 0 Å². The Bertz CT molecular complexity index is 327. The second kappa shape index (κ2) is 5.32. The molecule has 2 N–H and O–H groups in total. The molecule has 5 nitrogen and oxygen atoms in total. The highest BCUT2D eigenvalue weighted by Crippen LogP contribution is 2.27. The van der Waals surface area contributed by atoms with Crippen LogP contribution in [0.4, 0.5) is 6.01 Å². The lowest BCUT2D eigenvalue weighted by molar-refractivity contribution is 0.276. The van der Waals surface area contributed by atoms with Gasteiger partial charge in [-0.2, -0.15) is 4.98 Å². The van der Waals surface area contributed by atoms with Crippen molar-refractivity contribution in [2.75, 3.05) is 18.1 Å². The molecule has 0 amide bonds. The van der Waals surface area contributed by atoms with Crippen LogP contribution in [0, 0.1) is 0 Å². The zero-order valence-corrected chi connectivity index (χ0v) is 9.30. The molecule has 1 atom stereocenters. The van der Waals surface area contributed by atoms with Gasteiger partial charge in [-0.05, 0) is 25.7 Å². The number of aliphatic hydroxyl groups excluding tert-OH is 2. The minimum Gasteiger partial charge on any atom is -0.432 e. The summed E-state index contributed by atoms with van der Waals surface area (Å²) < 4.78 is 5.34. The van der Waals surface area contributed by atoms with E-state index in [1.54, 1.807) is 0 Å². The minimum absolute atomic E-state index is 0.0847. The topological polar surface area (TPSA) is 69.7 Å². The molecule has 5 heteroatoms. The van der Waals surface area contributed by atoms with Gasteiger partial charge in [0, 0.05) is 19.2 Å². The lowest BCUT2D eigenvalue weighted by atomic mass is 10.1. The summed E-state index contributed by atoms with van der Waals surface area (Å²) in [6.45, 7) is 1.10. The van der Waals surface area contributed by atoms with Crippen LogP contribution in [-0.2, 0) is 6.61 Å². The average Bonchev–Trinajstić information content (AvgIpc) is 2.94. The van der Waals surface area contributed by atoms with Crippen molar-refractivity contribution < 1.29 is 14.6 Å². The third kappa shape index (κ3) is 2.36. The Morgan fingerprint density at radius 1 is 1.50 bits per heavy atom. The summed E-state index contributed by atoms with van der Waals surface area (Å²) in [7, 11) is 0. The zero-order valence-electron chi connectivity index (χ0n) is 9.30. The highest BCUT2D eigenvalue weighted by Gasteiger charge is 2.27. The summed E-state index contributed by atoms with van der Waals surface area (Å²) in [5.74, 6) is 0. The second-order valence-corrected chi connectivity index (χ2v) is 4.13. The lowest BCUT2D eigenvalue weighted by Crippen LogP contribution is -2.29. The van der Waals surface area contributed by atoms with E-state index in [0.717, 1.165) is 32.2 Å². The van der Waals surface area contributed by atoms with Crippen molar-refractivity contribution in [3.05, 3.63) is 12.0 Å². The molecule has 0 radical (unpaired) electrons. The fourth-order valence-electron chi connectivity index (χ4n) is 2.22. The van der Waals surface area contributed by atoms with E-state index in [4.69, 9.17) is 14.6 Å². The molecule has 2 heterocycles. The number of aliphatic hydroxyl groups is 2. The van der Waals surface area contributed by atoms with Gasteiger partial charge in [0.15, 0.2) is 0 Å². The van der Waals surface area contributed by atoms with Crippen molar-refractivity contribution in [3.63, 3.8) is 0 Å². The molecule has 2 rings (SSSR count). The van der Waals surface area contributed by atoms with Crippen molar-refractivity contribution in [1.29, 1.82) is 0 Å². The van der Waals surface area contributed by atoms with Gasteiger partial charge in [-0.1, -0.05) is 0 Å². The van der Waals surface area contributed by atoms with Gasteiger partial charge < -0.3 is 19.5 Å². The average molecular weight is 226 g/mol. The largest absolute Gasteiger partial charge is 0.432 e. The number of aromatic nitrogens is 1. The number of rotatable bonds is 5. The number of hydrogen-bond acceptors (Lipinski definition) is 5. The van der Waals surface area contributed by atoms with E-state index in [9.17, 15) is 0 Å². The van der Waals surface area contributed by atoms with Gasteiger partial charge >= 0.3 is 0 Å². The molecule has 1 saturated heterocycles. The van der Waals surface area contributed by atoms with Gasteiger partial charge in [-0.25, -0.2) is 0 Å². The molecule has 1 aromatic heterocycles. The number of anilines is 1. The molecule has 0 spiro atoms. The summed E-state index contributed by atoms with van der Waals surface area (Å²) in [5, 5.41) is 17.8. The Labute approximate surface area is 94.7 Å². The summed E-state index contributed by atoms with van der Waals surface area (Å²) in [6.07, 6.45) is 5.53. The molecular weight excluding hydrogens is 208 g/mol. The molecule has 1 unspecified atom stereocenters. The zero-order chi connectivity index (χ0) is 11.4. The Morgan fingerprint density at radius 3 is 3.06 bits per heavy atom. The van der Waals surface area contributed by atoms with E-state index in [2.05, 4.69) is 9.88 Å². The third-order valence-electron chi connectivity index (χ3n) is 3.02. The maximum absolute atomic E-state index is 8.93. The third-order valence-corrected chi connectivity index (χ3v) is 3.02. The first-order chi connectivity index (χ1) is 7.85. The molecule has 0 bridgehead atoms. The van der Waals surface area contributed by atoms with Crippen LogP contribution in [0.25, 0.3) is 0 Å². The van der Waals surface area contributed by atoms with E-state index >= 15 is 0 Å². The first-order valence-electron chi connectivity index (χ1n) is 5.78. The van der Waals surface area contributed by atoms with E-state index in [-0.39, 0.29) is 13.2 Å². The van der Waals surface area contributed by atoms with Crippen molar-refractivity contribution in [1.82, 2.24) is 4.98 Å². The number of nitrogens with zero attached hydrogens (tertiary/aromatic N) is 2. The van der Waals surface area contributed by atoms with E-state index < -0.39 is 0 Å². The van der Waals surface area contributed by atoms with Crippen LogP contribution in [-0.4, -0.2) is 34.4 Å². The summed E-state index contributed by atoms with van der Waals surface area (Å²) in [4.78, 5) is 6.35. The minimum atomic E-state index is -0.0847. The molecule has 1 aliphatic rings. The van der Waals surface area contributed by atoms with Crippen LogP contribution in [0.15, 0.2) is 10.7 Å². The number of oxazole rings is 1. The van der Waals surface area contributed by atoms with Crippen molar-refractivity contribution in [2.24, 2.45) is 0 Å². The molecule has 16 heavy (non-hydrogen) atoms. The van der Waals surface area contributed by atoms with Crippen LogP contribution in [0.5, 0.6) is 0 Å². The monoisotopic (exact) mass is 226 g/mol. The highest BCUT2D eigenvalue weighted by atomic mass is 16.4. The molecule has 1 aromatic rings. The fraction of sp³-hybridized carbons (Fsp3) is 0.727. The smallest absolute Gasteiger partial charge is 0.297 e. The van der Waals surface area contributed by atoms with Gasteiger partial charge in [0.05, 0.1) is 6.61 Å². The van der Waals surface area contributed by atoms with Gasteiger partial charge in [-0.15, -0.1) is 0 Å². The number of hydrogen-bond donors (Lipinski definition) is 2. The van der Waals surface area contributed by atoms with Crippen molar-refractivity contribution in [2.45, 2.75) is 38.3 Å². The van der Waals surface area contributed by atoms with Crippen LogP contribution in [0.1, 0.15) is 31.4 Å². The Kier molecular flexibility index (Phi) is 3.79. The quantitative estimate of drug-likeness (QED) is 0.781. The molecule has 1 fully saturated rings. The Balaban J connectivity index is 2.01. The van der Waals surface area contributed by atoms with Gasteiger partial charge in [-0.3, -0.25) is 0 Å². The van der Waals surface area contributed by atoms with Crippen molar-refractivity contribution in [3.8, 4) is 0 Å². The van der Waals surface area contributed by atoms with Crippen LogP contribution < -0.4 is 4.90 Å². The van der Waals surface area contributed by atoms with E-state index in [0.29, 0.717) is 17.8 Å². The summed E-state index contributed by atoms with van der Waals surface area (Å²) >= 11 is 0. The first kappa shape index (κ1) is 11.4. The van der Waals surface area contributed by atoms with Crippen LogP contribution in [0.2, 0.25) is 0 Å². The molecule has 0 aromatic carbocycles. The van der Waals surface area contributed by atoms with Crippen LogP contribution >= 0.6 is 0 Å². The molecule has 90 valence electrons. The molecular formula is C11H18N2O3. The maximum atomic E-state index is 8.93. The Hall–Kier alpha value is -1.07. The maximum Gasteiger partial charge on any atom is 0.297 e. The van der Waals surface area contributed by atoms with Gasteiger partial charge in [0.1, 0.15) is 12.0 Å². The van der Waals surface area contributed by atoms with Crippen molar-refractivity contribution >= 4 is 6.01 Å². The predicted molar refractivity (Wildman–Crippen MR) is 59.1 cm³/mol. The highest BCUT2D eigenvalue weighted by molar-refractivity contribution is 5.30. The molecule has 0 aliphatic carbocycles.